The fraction of sp³-hybridized carbons (Fsp3) is 0.929. The van der Waals surface area contributed by atoms with Crippen LogP contribution < -0.4 is 5.32 Å². The molecule has 1 aliphatic heterocycles. The smallest absolute Gasteiger partial charge is 0.0965 e. The van der Waals surface area contributed by atoms with Gasteiger partial charge in [-0.05, 0) is 50.7 Å². The van der Waals surface area contributed by atoms with Gasteiger partial charge < -0.3 is 10.2 Å². The maximum absolute atomic E-state index is 8.97. The van der Waals surface area contributed by atoms with Gasteiger partial charge in [0.2, 0.25) is 0 Å². The van der Waals surface area contributed by atoms with Crippen LogP contribution in [0.3, 0.4) is 0 Å². The fourth-order valence-electron chi connectivity index (χ4n) is 2.61. The number of nitrogens with zero attached hydrogens (tertiary/aromatic N) is 2. The molecule has 0 aromatic rings. The minimum Gasteiger partial charge on any atom is -0.303 e. The quantitative estimate of drug-likeness (QED) is 0.770. The number of nitriles is 1. The fourth-order valence-corrected chi connectivity index (χ4v) is 2.61. The molecule has 3 nitrogen and oxygen atoms in total. The summed E-state index contributed by atoms with van der Waals surface area (Å²) in [6, 6.07) is 2.36. The average Bonchev–Trinajstić information content (AvgIpc) is 2.35. The second kappa shape index (κ2) is 7.68. The van der Waals surface area contributed by atoms with E-state index in [4.69, 9.17) is 5.26 Å². The lowest BCUT2D eigenvalue weighted by Crippen LogP contribution is -2.38. The second-order valence-electron chi connectivity index (χ2n) is 5.45. The maximum atomic E-state index is 8.97. The van der Waals surface area contributed by atoms with Crippen molar-refractivity contribution in [1.29, 1.82) is 5.26 Å². The van der Waals surface area contributed by atoms with Crippen LogP contribution in [0.2, 0.25) is 0 Å². The minimum absolute atomic E-state index is 0.0304. The highest BCUT2D eigenvalue weighted by atomic mass is 15.1. The number of hydrogen-bond acceptors (Lipinski definition) is 3. The summed E-state index contributed by atoms with van der Waals surface area (Å²) < 4.78 is 0. The molecule has 0 aromatic carbocycles. The summed E-state index contributed by atoms with van der Waals surface area (Å²) >= 11 is 0. The lowest BCUT2D eigenvalue weighted by molar-refractivity contribution is 0.154. The standard InChI is InChI=1S/C14H27N3/c1-4-16-14(11-15)7-10-17-8-5-13(6-9-17)12(2)3/h12-14,16H,4-10H2,1-3H3. The molecule has 1 atom stereocenters. The molecule has 0 spiro atoms. The van der Waals surface area contributed by atoms with Crippen molar-refractivity contribution in [2.75, 3.05) is 26.2 Å². The van der Waals surface area contributed by atoms with Gasteiger partial charge in [-0.15, -0.1) is 0 Å². The third-order valence-electron chi connectivity index (χ3n) is 3.92. The third-order valence-corrected chi connectivity index (χ3v) is 3.92. The molecule has 0 aliphatic carbocycles. The monoisotopic (exact) mass is 237 g/mol. The van der Waals surface area contributed by atoms with Crippen molar-refractivity contribution >= 4 is 0 Å². The van der Waals surface area contributed by atoms with E-state index in [0.717, 1.165) is 31.3 Å². The summed E-state index contributed by atoms with van der Waals surface area (Å²) in [6.07, 6.45) is 3.61. The zero-order chi connectivity index (χ0) is 12.7. The molecule has 1 fully saturated rings. The Morgan fingerprint density at radius 3 is 2.47 bits per heavy atom. The Labute approximate surface area is 106 Å². The van der Waals surface area contributed by atoms with Gasteiger partial charge in [-0.3, -0.25) is 0 Å². The Hall–Kier alpha value is -0.590. The SMILES string of the molecule is CCNC(C#N)CCN1CCC(C(C)C)CC1. The average molecular weight is 237 g/mol. The molecule has 1 rings (SSSR count). The van der Waals surface area contributed by atoms with E-state index in [0.29, 0.717) is 0 Å². The Balaban J connectivity index is 2.20. The van der Waals surface area contributed by atoms with Crippen LogP contribution in [0.1, 0.15) is 40.0 Å². The molecule has 17 heavy (non-hydrogen) atoms. The van der Waals surface area contributed by atoms with Crippen molar-refractivity contribution < 1.29 is 0 Å². The van der Waals surface area contributed by atoms with Gasteiger partial charge >= 0.3 is 0 Å². The maximum Gasteiger partial charge on any atom is 0.0965 e. The number of hydrogen-bond donors (Lipinski definition) is 1. The summed E-state index contributed by atoms with van der Waals surface area (Å²) in [5.41, 5.74) is 0. The van der Waals surface area contributed by atoms with E-state index in [1.807, 2.05) is 0 Å². The van der Waals surface area contributed by atoms with E-state index in [2.05, 4.69) is 37.1 Å². The molecule has 98 valence electrons. The second-order valence-corrected chi connectivity index (χ2v) is 5.45. The summed E-state index contributed by atoms with van der Waals surface area (Å²) in [5.74, 6) is 1.73. The number of nitrogens with one attached hydrogen (secondary N) is 1. The van der Waals surface area contributed by atoms with Crippen molar-refractivity contribution in [1.82, 2.24) is 10.2 Å². The summed E-state index contributed by atoms with van der Waals surface area (Å²) in [5, 5.41) is 12.2. The zero-order valence-corrected chi connectivity index (χ0v) is 11.6. The molecule has 1 N–H and O–H groups in total. The van der Waals surface area contributed by atoms with Crippen LogP contribution in [0.15, 0.2) is 0 Å². The molecule has 3 heteroatoms. The van der Waals surface area contributed by atoms with E-state index in [9.17, 15) is 0 Å². The molecule has 0 radical (unpaired) electrons. The molecular weight excluding hydrogens is 210 g/mol. The van der Waals surface area contributed by atoms with Gasteiger partial charge in [-0.2, -0.15) is 5.26 Å². The Bertz CT molecular complexity index is 236. The molecule has 0 amide bonds. The normalized spacial score (nSPS) is 20.4. The van der Waals surface area contributed by atoms with Gasteiger partial charge in [0.15, 0.2) is 0 Å². The van der Waals surface area contributed by atoms with Gasteiger partial charge in [-0.1, -0.05) is 20.8 Å². The Kier molecular flexibility index (Phi) is 6.54. The van der Waals surface area contributed by atoms with Crippen molar-refractivity contribution in [3.63, 3.8) is 0 Å². The van der Waals surface area contributed by atoms with Crippen LogP contribution in [-0.2, 0) is 0 Å². The van der Waals surface area contributed by atoms with Crippen molar-refractivity contribution in [2.45, 2.75) is 46.1 Å². The summed E-state index contributed by atoms with van der Waals surface area (Å²) in [6.45, 7) is 11.1. The first-order chi connectivity index (χ1) is 8.17. The zero-order valence-electron chi connectivity index (χ0n) is 11.6. The molecular formula is C14H27N3. The number of rotatable bonds is 6. The van der Waals surface area contributed by atoms with Crippen LogP contribution in [0.4, 0.5) is 0 Å². The first-order valence-electron chi connectivity index (χ1n) is 7.02. The minimum atomic E-state index is 0.0304. The first-order valence-corrected chi connectivity index (χ1v) is 7.02. The van der Waals surface area contributed by atoms with Gasteiger partial charge in [-0.25, -0.2) is 0 Å². The Morgan fingerprint density at radius 2 is 2.00 bits per heavy atom. The van der Waals surface area contributed by atoms with Crippen LogP contribution in [-0.4, -0.2) is 37.1 Å². The highest BCUT2D eigenvalue weighted by Crippen LogP contribution is 2.24. The van der Waals surface area contributed by atoms with E-state index in [1.165, 1.54) is 25.9 Å². The lowest BCUT2D eigenvalue weighted by Gasteiger charge is -2.34. The highest BCUT2D eigenvalue weighted by Gasteiger charge is 2.21. The molecule has 0 aromatic heterocycles. The predicted octanol–water partition coefficient (Wildman–Crippen LogP) is 2.25. The summed E-state index contributed by atoms with van der Waals surface area (Å²) in [7, 11) is 0. The predicted molar refractivity (Wildman–Crippen MR) is 71.7 cm³/mol. The van der Waals surface area contributed by atoms with Crippen LogP contribution >= 0.6 is 0 Å². The molecule has 1 unspecified atom stereocenters. The van der Waals surface area contributed by atoms with Crippen LogP contribution in [0, 0.1) is 23.2 Å². The third kappa shape index (κ3) is 5.06. The largest absolute Gasteiger partial charge is 0.303 e. The highest BCUT2D eigenvalue weighted by molar-refractivity contribution is 4.90. The topological polar surface area (TPSA) is 39.1 Å². The van der Waals surface area contributed by atoms with Crippen LogP contribution in [0.5, 0.6) is 0 Å². The number of piperidine rings is 1. The Morgan fingerprint density at radius 1 is 1.35 bits per heavy atom. The van der Waals surface area contributed by atoms with Gasteiger partial charge in [0.05, 0.1) is 12.1 Å². The molecule has 0 bridgehead atoms. The molecule has 1 saturated heterocycles. The molecule has 1 heterocycles. The van der Waals surface area contributed by atoms with E-state index < -0.39 is 0 Å². The van der Waals surface area contributed by atoms with Crippen LogP contribution in [0.25, 0.3) is 0 Å². The van der Waals surface area contributed by atoms with Gasteiger partial charge in [0, 0.05) is 6.54 Å². The molecule has 0 saturated carbocycles. The van der Waals surface area contributed by atoms with E-state index in [1.54, 1.807) is 0 Å². The lowest BCUT2D eigenvalue weighted by atomic mass is 9.86. The van der Waals surface area contributed by atoms with Gasteiger partial charge in [0.25, 0.3) is 0 Å². The van der Waals surface area contributed by atoms with Crippen molar-refractivity contribution in [2.24, 2.45) is 11.8 Å². The van der Waals surface area contributed by atoms with E-state index in [-0.39, 0.29) is 6.04 Å². The number of likely N-dealkylation sites (tertiary alicyclic amines) is 1. The first kappa shape index (κ1) is 14.5. The molecule has 1 aliphatic rings. The summed E-state index contributed by atoms with van der Waals surface area (Å²) in [4.78, 5) is 2.51. The van der Waals surface area contributed by atoms with E-state index >= 15 is 0 Å². The van der Waals surface area contributed by atoms with Gasteiger partial charge in [0.1, 0.15) is 0 Å². The van der Waals surface area contributed by atoms with Crippen molar-refractivity contribution in [3.8, 4) is 6.07 Å². The van der Waals surface area contributed by atoms with Crippen molar-refractivity contribution in [3.05, 3.63) is 0 Å².